The van der Waals surface area contributed by atoms with Crippen LogP contribution in [-0.4, -0.2) is 37.5 Å². The lowest BCUT2D eigenvalue weighted by Gasteiger charge is -2.36. The van der Waals surface area contributed by atoms with E-state index >= 15 is 0 Å². The summed E-state index contributed by atoms with van der Waals surface area (Å²) in [7, 11) is 0. The average Bonchev–Trinajstić information content (AvgIpc) is 2.69. The van der Waals surface area contributed by atoms with Crippen molar-refractivity contribution in [1.82, 2.24) is 0 Å². The smallest absolute Gasteiger partial charge is 0.324 e. The van der Waals surface area contributed by atoms with Crippen molar-refractivity contribution in [3.05, 3.63) is 35.9 Å². The van der Waals surface area contributed by atoms with E-state index in [2.05, 4.69) is 0 Å². The van der Waals surface area contributed by atoms with Gasteiger partial charge in [-0.15, -0.1) is 0 Å². The zero-order valence-electron chi connectivity index (χ0n) is 16.0. The summed E-state index contributed by atoms with van der Waals surface area (Å²) in [5.74, 6) is -1.44. The molecular weight excluding hydrogens is 348 g/mol. The van der Waals surface area contributed by atoms with Crippen molar-refractivity contribution in [2.45, 2.75) is 58.2 Å². The number of hydrogen-bond acceptors (Lipinski definition) is 6. The minimum absolute atomic E-state index is 0.0761. The van der Waals surface area contributed by atoms with Gasteiger partial charge >= 0.3 is 11.9 Å². The summed E-state index contributed by atoms with van der Waals surface area (Å²) in [4.78, 5) is 36.6. The van der Waals surface area contributed by atoms with Crippen LogP contribution in [0.15, 0.2) is 30.3 Å². The molecule has 0 unspecified atom stereocenters. The minimum Gasteiger partial charge on any atom is -0.465 e. The number of carbonyl (C=O) groups is 3. The molecule has 6 heteroatoms. The van der Waals surface area contributed by atoms with Crippen molar-refractivity contribution >= 4 is 18.2 Å². The van der Waals surface area contributed by atoms with Crippen LogP contribution >= 0.6 is 0 Å². The zero-order valence-corrected chi connectivity index (χ0v) is 16.0. The van der Waals surface area contributed by atoms with Gasteiger partial charge in [0, 0.05) is 12.8 Å². The van der Waals surface area contributed by atoms with Gasteiger partial charge in [0.1, 0.15) is 6.29 Å². The molecule has 0 aliphatic carbocycles. The normalized spacial score (nSPS) is 19.9. The molecule has 0 saturated carbocycles. The topological polar surface area (TPSA) is 78.9 Å². The van der Waals surface area contributed by atoms with E-state index in [1.54, 1.807) is 13.8 Å². The Morgan fingerprint density at radius 3 is 2.30 bits per heavy atom. The highest BCUT2D eigenvalue weighted by Crippen LogP contribution is 2.39. The quantitative estimate of drug-likeness (QED) is 0.373. The molecule has 1 aliphatic heterocycles. The van der Waals surface area contributed by atoms with Gasteiger partial charge < -0.3 is 19.0 Å². The number of rotatable bonds is 9. The highest BCUT2D eigenvalue weighted by molar-refractivity contribution is 6.02. The molecule has 2 rings (SSSR count). The third-order valence-corrected chi connectivity index (χ3v) is 4.86. The Kier molecular flexibility index (Phi) is 7.98. The van der Waals surface area contributed by atoms with E-state index < -0.39 is 17.4 Å². The predicted molar refractivity (Wildman–Crippen MR) is 98.9 cm³/mol. The predicted octanol–water partition coefficient (Wildman–Crippen LogP) is 3.39. The first kappa shape index (κ1) is 21.1. The number of esters is 2. The van der Waals surface area contributed by atoms with Crippen molar-refractivity contribution in [2.24, 2.45) is 5.41 Å². The van der Waals surface area contributed by atoms with Gasteiger partial charge in [0.25, 0.3) is 0 Å². The Bertz CT molecular complexity index is 609. The molecule has 1 aromatic carbocycles. The largest absolute Gasteiger partial charge is 0.465 e. The Labute approximate surface area is 160 Å². The van der Waals surface area contributed by atoms with Crippen molar-refractivity contribution in [3.63, 3.8) is 0 Å². The lowest BCUT2D eigenvalue weighted by Crippen LogP contribution is -2.46. The summed E-state index contributed by atoms with van der Waals surface area (Å²) in [5, 5.41) is 0. The molecule has 6 nitrogen and oxygen atoms in total. The maximum absolute atomic E-state index is 12.7. The molecule has 0 radical (unpaired) electrons. The summed E-state index contributed by atoms with van der Waals surface area (Å²) in [6.45, 7) is 3.57. The van der Waals surface area contributed by atoms with Crippen molar-refractivity contribution in [2.75, 3.05) is 13.2 Å². The molecule has 27 heavy (non-hydrogen) atoms. The molecule has 0 N–H and O–H groups in total. The molecule has 148 valence electrons. The number of hydrogen-bond donors (Lipinski definition) is 0. The van der Waals surface area contributed by atoms with Crippen LogP contribution in [0.4, 0.5) is 0 Å². The van der Waals surface area contributed by atoms with Crippen LogP contribution in [0.5, 0.6) is 0 Å². The Morgan fingerprint density at radius 2 is 1.74 bits per heavy atom. The number of ether oxygens (including phenoxy) is 3. The van der Waals surface area contributed by atoms with E-state index in [9.17, 15) is 14.4 Å². The van der Waals surface area contributed by atoms with Gasteiger partial charge in [-0.2, -0.15) is 0 Å². The van der Waals surface area contributed by atoms with Gasteiger partial charge in [-0.25, -0.2) is 0 Å². The number of benzene rings is 1. The standard InChI is InChI=1S/C21H28O6/c1-3-25-19(23)21(13-14-22,20(24)26-4-2)15-17-11-8-12-18(27-17)16-9-6-5-7-10-16/h5-7,9-10,14,17-18H,3-4,8,11-13,15H2,1-2H3/t17-,18+/m0/s1. The van der Waals surface area contributed by atoms with Crippen LogP contribution in [0.3, 0.4) is 0 Å². The maximum atomic E-state index is 12.7. The molecule has 0 amide bonds. The first-order valence-corrected chi connectivity index (χ1v) is 9.55. The number of aldehydes is 1. The van der Waals surface area contributed by atoms with Crippen LogP contribution in [-0.2, 0) is 28.6 Å². The zero-order chi connectivity index (χ0) is 19.7. The summed E-state index contributed by atoms with van der Waals surface area (Å²) in [6.07, 6.45) is 2.44. The van der Waals surface area contributed by atoms with Gasteiger partial charge in [-0.1, -0.05) is 30.3 Å². The van der Waals surface area contributed by atoms with Crippen molar-refractivity contribution in [1.29, 1.82) is 0 Å². The molecule has 1 saturated heterocycles. The Balaban J connectivity index is 2.23. The van der Waals surface area contributed by atoms with E-state index in [0.29, 0.717) is 12.7 Å². The van der Waals surface area contributed by atoms with Crippen molar-refractivity contribution in [3.8, 4) is 0 Å². The second-order valence-corrected chi connectivity index (χ2v) is 6.69. The summed E-state index contributed by atoms with van der Waals surface area (Å²) in [5.41, 5.74) is -0.591. The second kappa shape index (κ2) is 10.2. The lowest BCUT2D eigenvalue weighted by molar-refractivity contribution is -0.178. The van der Waals surface area contributed by atoms with Crippen LogP contribution in [0, 0.1) is 5.41 Å². The van der Waals surface area contributed by atoms with Crippen LogP contribution in [0.1, 0.15) is 57.6 Å². The molecule has 0 bridgehead atoms. The maximum Gasteiger partial charge on any atom is 0.324 e. The highest BCUT2D eigenvalue weighted by atomic mass is 16.6. The third-order valence-electron chi connectivity index (χ3n) is 4.86. The van der Waals surface area contributed by atoms with Crippen LogP contribution in [0.25, 0.3) is 0 Å². The molecule has 1 fully saturated rings. The first-order valence-electron chi connectivity index (χ1n) is 9.55. The SMILES string of the molecule is CCOC(=O)C(CC=O)(C[C@@H]1CCC[C@H](c2ccccc2)O1)C(=O)OCC. The molecule has 2 atom stereocenters. The second-order valence-electron chi connectivity index (χ2n) is 6.69. The summed E-state index contributed by atoms with van der Waals surface area (Å²) in [6, 6.07) is 9.86. The minimum atomic E-state index is -1.66. The number of carbonyl (C=O) groups excluding carboxylic acids is 3. The van der Waals surface area contributed by atoms with Gasteiger partial charge in [0.15, 0.2) is 5.41 Å². The van der Waals surface area contributed by atoms with Gasteiger partial charge in [0.2, 0.25) is 0 Å². The summed E-state index contributed by atoms with van der Waals surface area (Å²) >= 11 is 0. The Hall–Kier alpha value is -2.21. The molecular formula is C21H28O6. The molecule has 1 aromatic rings. The van der Waals surface area contributed by atoms with E-state index in [4.69, 9.17) is 14.2 Å². The molecule has 1 heterocycles. The van der Waals surface area contributed by atoms with Crippen molar-refractivity contribution < 1.29 is 28.6 Å². The van der Waals surface area contributed by atoms with E-state index in [0.717, 1.165) is 18.4 Å². The first-order chi connectivity index (χ1) is 13.1. The van der Waals surface area contributed by atoms with E-state index in [1.165, 1.54) is 0 Å². The fraction of sp³-hybridized carbons (Fsp3) is 0.571. The molecule has 1 aliphatic rings. The van der Waals surface area contributed by atoms with E-state index in [1.807, 2.05) is 30.3 Å². The highest BCUT2D eigenvalue weighted by Gasteiger charge is 2.50. The fourth-order valence-electron chi connectivity index (χ4n) is 3.53. The third kappa shape index (κ3) is 5.16. The molecule has 0 spiro atoms. The van der Waals surface area contributed by atoms with Gasteiger partial charge in [0.05, 0.1) is 25.4 Å². The van der Waals surface area contributed by atoms with Gasteiger partial charge in [-0.05, 0) is 38.7 Å². The monoisotopic (exact) mass is 376 g/mol. The van der Waals surface area contributed by atoms with Crippen LogP contribution in [0.2, 0.25) is 0 Å². The van der Waals surface area contributed by atoms with Gasteiger partial charge in [-0.3, -0.25) is 9.59 Å². The Morgan fingerprint density at radius 1 is 1.11 bits per heavy atom. The lowest BCUT2D eigenvalue weighted by atomic mass is 9.77. The van der Waals surface area contributed by atoms with E-state index in [-0.39, 0.29) is 38.3 Å². The van der Waals surface area contributed by atoms with Crippen LogP contribution < -0.4 is 0 Å². The average molecular weight is 376 g/mol. The summed E-state index contributed by atoms with van der Waals surface area (Å²) < 4.78 is 16.5. The fourth-order valence-corrected chi connectivity index (χ4v) is 3.53. The molecule has 0 aromatic heterocycles.